The van der Waals surface area contributed by atoms with Crippen molar-refractivity contribution in [1.82, 2.24) is 10.4 Å². The Kier molecular flexibility index (Phi) is 4.61. The van der Waals surface area contributed by atoms with Crippen LogP contribution in [0, 0.1) is 11.6 Å². The maximum Gasteiger partial charge on any atom is 0.273 e. The number of hydrogen-bond acceptors (Lipinski definition) is 5. The molecule has 2 heterocycles. The van der Waals surface area contributed by atoms with Crippen LogP contribution in [-0.4, -0.2) is 22.5 Å². The van der Waals surface area contributed by atoms with E-state index in [-0.39, 0.29) is 36.4 Å². The van der Waals surface area contributed by atoms with Crippen LogP contribution in [0.5, 0.6) is 0 Å². The first-order chi connectivity index (χ1) is 11.5. The molecule has 0 atom stereocenters. The number of nitrogens with zero attached hydrogens (tertiary/aromatic N) is 2. The predicted octanol–water partition coefficient (Wildman–Crippen LogP) is 2.22. The number of amides is 2. The van der Waals surface area contributed by atoms with Gasteiger partial charge in [-0.3, -0.25) is 14.9 Å². The summed E-state index contributed by atoms with van der Waals surface area (Å²) in [4.78, 5) is 27.7. The molecule has 9 heteroatoms. The molecule has 0 fully saturated rings. The molecule has 0 radical (unpaired) electrons. The van der Waals surface area contributed by atoms with Crippen LogP contribution in [-0.2, 0) is 16.0 Å². The van der Waals surface area contributed by atoms with Crippen molar-refractivity contribution < 1.29 is 18.4 Å². The molecule has 0 spiro atoms. The van der Waals surface area contributed by atoms with Gasteiger partial charge in [0.25, 0.3) is 5.91 Å². The Balaban J connectivity index is 1.66. The molecule has 1 aromatic heterocycles. The van der Waals surface area contributed by atoms with Gasteiger partial charge in [0.2, 0.25) is 5.91 Å². The molecule has 24 heavy (non-hydrogen) atoms. The average molecular weight is 350 g/mol. The van der Waals surface area contributed by atoms with Gasteiger partial charge in [-0.05, 0) is 23.8 Å². The van der Waals surface area contributed by atoms with Gasteiger partial charge in [-0.25, -0.2) is 19.2 Å². The SMILES string of the molecule is O=C1CCC(C(=O)Nc2ncc(Cc3cc(F)ccc3F)s2)=NN1. The number of hydrazone groups is 1. The zero-order valence-electron chi connectivity index (χ0n) is 12.3. The molecule has 0 saturated heterocycles. The lowest BCUT2D eigenvalue weighted by atomic mass is 10.1. The zero-order chi connectivity index (χ0) is 17.1. The van der Waals surface area contributed by atoms with Crippen LogP contribution in [0.3, 0.4) is 0 Å². The molecule has 2 aromatic rings. The molecule has 0 unspecified atom stereocenters. The van der Waals surface area contributed by atoms with Crippen LogP contribution in [0.1, 0.15) is 23.3 Å². The van der Waals surface area contributed by atoms with Crippen molar-refractivity contribution in [3.8, 4) is 0 Å². The molecule has 0 saturated carbocycles. The third-order valence-electron chi connectivity index (χ3n) is 3.31. The van der Waals surface area contributed by atoms with Crippen LogP contribution in [0.2, 0.25) is 0 Å². The Morgan fingerprint density at radius 3 is 2.92 bits per heavy atom. The van der Waals surface area contributed by atoms with E-state index in [0.717, 1.165) is 29.5 Å². The summed E-state index contributed by atoms with van der Waals surface area (Å²) in [6, 6.07) is 3.26. The lowest BCUT2D eigenvalue weighted by molar-refractivity contribution is -0.121. The third kappa shape index (κ3) is 3.80. The topological polar surface area (TPSA) is 83.5 Å². The highest BCUT2D eigenvalue weighted by atomic mass is 32.1. The van der Waals surface area contributed by atoms with E-state index in [2.05, 4.69) is 20.8 Å². The number of carbonyl (C=O) groups excluding carboxylic acids is 2. The van der Waals surface area contributed by atoms with Crippen molar-refractivity contribution in [1.29, 1.82) is 0 Å². The monoisotopic (exact) mass is 350 g/mol. The summed E-state index contributed by atoms with van der Waals surface area (Å²) in [5.41, 5.74) is 2.67. The predicted molar refractivity (Wildman–Crippen MR) is 84.7 cm³/mol. The second kappa shape index (κ2) is 6.83. The Morgan fingerprint density at radius 2 is 2.17 bits per heavy atom. The summed E-state index contributed by atoms with van der Waals surface area (Å²) in [7, 11) is 0. The maximum absolute atomic E-state index is 13.6. The fourth-order valence-corrected chi connectivity index (χ4v) is 2.95. The molecule has 3 rings (SSSR count). The number of benzene rings is 1. The van der Waals surface area contributed by atoms with Gasteiger partial charge in [0.05, 0.1) is 0 Å². The van der Waals surface area contributed by atoms with Crippen LogP contribution >= 0.6 is 11.3 Å². The number of thiazole rings is 1. The Morgan fingerprint density at radius 1 is 1.33 bits per heavy atom. The van der Waals surface area contributed by atoms with E-state index in [4.69, 9.17) is 0 Å². The summed E-state index contributed by atoms with van der Waals surface area (Å²) in [6.07, 6.45) is 2.13. The number of hydrogen-bond donors (Lipinski definition) is 2. The first-order valence-electron chi connectivity index (χ1n) is 7.06. The minimum atomic E-state index is -0.512. The zero-order valence-corrected chi connectivity index (χ0v) is 13.1. The van der Waals surface area contributed by atoms with Crippen molar-refractivity contribution in [3.05, 3.63) is 46.5 Å². The van der Waals surface area contributed by atoms with Gasteiger partial charge in [-0.1, -0.05) is 0 Å². The molecule has 6 nitrogen and oxygen atoms in total. The van der Waals surface area contributed by atoms with Crippen LogP contribution in [0.25, 0.3) is 0 Å². The van der Waals surface area contributed by atoms with E-state index in [1.807, 2.05) is 0 Å². The molecule has 1 aliphatic heterocycles. The van der Waals surface area contributed by atoms with E-state index >= 15 is 0 Å². The molecule has 124 valence electrons. The molecular formula is C15H12F2N4O2S. The number of aromatic nitrogens is 1. The quantitative estimate of drug-likeness (QED) is 0.887. The summed E-state index contributed by atoms with van der Waals surface area (Å²) >= 11 is 1.16. The van der Waals surface area contributed by atoms with Crippen LogP contribution < -0.4 is 10.7 Å². The first-order valence-corrected chi connectivity index (χ1v) is 7.88. The normalized spacial score (nSPS) is 14.1. The number of nitrogens with one attached hydrogen (secondary N) is 2. The van der Waals surface area contributed by atoms with Gasteiger partial charge >= 0.3 is 0 Å². The van der Waals surface area contributed by atoms with Gasteiger partial charge in [0, 0.05) is 30.3 Å². The van der Waals surface area contributed by atoms with Gasteiger partial charge in [-0.2, -0.15) is 5.10 Å². The molecule has 2 amide bonds. The number of anilines is 1. The highest BCUT2D eigenvalue weighted by molar-refractivity contribution is 7.15. The summed E-state index contributed by atoms with van der Waals surface area (Å²) in [6.45, 7) is 0. The van der Waals surface area contributed by atoms with Gasteiger partial charge in [-0.15, -0.1) is 11.3 Å². The molecule has 0 bridgehead atoms. The Bertz CT molecular complexity index is 835. The van der Waals surface area contributed by atoms with E-state index in [1.165, 1.54) is 6.20 Å². The first kappa shape index (κ1) is 16.2. The average Bonchev–Trinajstić information content (AvgIpc) is 2.98. The second-order valence-corrected chi connectivity index (χ2v) is 6.21. The molecular weight excluding hydrogens is 338 g/mol. The van der Waals surface area contributed by atoms with Crippen molar-refractivity contribution in [2.75, 3.05) is 5.32 Å². The fraction of sp³-hybridized carbons (Fsp3) is 0.200. The smallest absolute Gasteiger partial charge is 0.273 e. The van der Waals surface area contributed by atoms with Gasteiger partial charge in [0.15, 0.2) is 5.13 Å². The summed E-state index contributed by atoms with van der Waals surface area (Å²) < 4.78 is 26.8. The maximum atomic E-state index is 13.6. The van der Waals surface area contributed by atoms with Crippen molar-refractivity contribution >= 4 is 34.0 Å². The molecule has 1 aliphatic rings. The highest BCUT2D eigenvalue weighted by Gasteiger charge is 2.19. The fourth-order valence-electron chi connectivity index (χ4n) is 2.12. The van der Waals surface area contributed by atoms with Gasteiger partial charge in [0.1, 0.15) is 17.3 Å². The lowest BCUT2D eigenvalue weighted by Crippen LogP contribution is -2.32. The van der Waals surface area contributed by atoms with E-state index in [9.17, 15) is 18.4 Å². The summed E-state index contributed by atoms with van der Waals surface area (Å²) in [5, 5.41) is 6.60. The number of halogens is 2. The van der Waals surface area contributed by atoms with E-state index < -0.39 is 17.5 Å². The number of carbonyl (C=O) groups is 2. The van der Waals surface area contributed by atoms with Crippen molar-refractivity contribution in [2.24, 2.45) is 5.10 Å². The second-order valence-electron chi connectivity index (χ2n) is 5.09. The molecule has 0 aliphatic carbocycles. The van der Waals surface area contributed by atoms with Crippen molar-refractivity contribution in [2.45, 2.75) is 19.3 Å². The summed E-state index contributed by atoms with van der Waals surface area (Å²) in [5.74, 6) is -1.70. The molecule has 2 N–H and O–H groups in total. The van der Waals surface area contributed by atoms with Gasteiger partial charge < -0.3 is 0 Å². The van der Waals surface area contributed by atoms with Crippen molar-refractivity contribution in [3.63, 3.8) is 0 Å². The highest BCUT2D eigenvalue weighted by Crippen LogP contribution is 2.23. The lowest BCUT2D eigenvalue weighted by Gasteiger charge is -2.10. The van der Waals surface area contributed by atoms with Crippen LogP contribution in [0.15, 0.2) is 29.5 Å². The Labute approximate surface area is 139 Å². The number of rotatable bonds is 4. The Hall–Kier alpha value is -2.68. The van der Waals surface area contributed by atoms with Crippen LogP contribution in [0.4, 0.5) is 13.9 Å². The van der Waals surface area contributed by atoms with E-state index in [1.54, 1.807) is 0 Å². The third-order valence-corrected chi connectivity index (χ3v) is 4.23. The largest absolute Gasteiger partial charge is 0.297 e. The van der Waals surface area contributed by atoms with E-state index in [0.29, 0.717) is 10.0 Å². The minimum absolute atomic E-state index is 0.175. The standard InChI is InChI=1S/C15H12F2N4O2S/c16-9-1-2-11(17)8(5-9)6-10-7-18-15(24-10)19-14(23)12-3-4-13(22)21-20-12/h1-2,5,7H,3-4,6H2,(H,21,22)(H,18,19,23). The molecule has 1 aromatic carbocycles. The minimum Gasteiger partial charge on any atom is -0.297 e.